The van der Waals surface area contributed by atoms with Gasteiger partial charge in [-0.1, -0.05) is 12.8 Å². The van der Waals surface area contributed by atoms with Crippen molar-refractivity contribution >= 4 is 18.1 Å². The molecule has 0 aromatic rings. The van der Waals surface area contributed by atoms with Gasteiger partial charge in [-0.25, -0.2) is 9.59 Å². The fraction of sp³-hybridized carbons (Fsp3) is 0.842. The summed E-state index contributed by atoms with van der Waals surface area (Å²) in [5.74, 6) is -0.223. The van der Waals surface area contributed by atoms with E-state index in [1.165, 1.54) is 0 Å². The molecule has 0 bridgehead atoms. The molecule has 0 unspecified atom stereocenters. The number of amides is 3. The lowest BCUT2D eigenvalue weighted by atomic mass is 10.2. The molecule has 0 aliphatic carbocycles. The van der Waals surface area contributed by atoms with Gasteiger partial charge in [-0.2, -0.15) is 0 Å². The molecule has 0 aromatic heterocycles. The third kappa shape index (κ3) is 10.1. The summed E-state index contributed by atoms with van der Waals surface area (Å²) < 4.78 is 10.5. The minimum absolute atomic E-state index is 0.0660. The Balaban J connectivity index is 2.76. The highest BCUT2D eigenvalue weighted by Crippen LogP contribution is 2.12. The van der Waals surface area contributed by atoms with Crippen molar-refractivity contribution in [2.24, 2.45) is 0 Å². The number of carbonyl (C=O) groups excluding carboxylic acids is 3. The molecule has 1 rings (SSSR count). The second-order valence-electron chi connectivity index (χ2n) is 8.82. The Morgan fingerprint density at radius 2 is 1.33 bits per heavy atom. The Bertz CT molecular complexity index is 514. The molecule has 0 spiro atoms. The molecule has 1 aliphatic heterocycles. The van der Waals surface area contributed by atoms with E-state index in [2.05, 4.69) is 10.6 Å². The Kier molecular flexibility index (Phi) is 8.37. The van der Waals surface area contributed by atoms with Crippen LogP contribution in [0.2, 0.25) is 0 Å². The molecule has 0 radical (unpaired) electrons. The molecule has 0 saturated carbocycles. The van der Waals surface area contributed by atoms with Crippen molar-refractivity contribution in [1.82, 2.24) is 15.5 Å². The van der Waals surface area contributed by atoms with E-state index in [4.69, 9.17) is 9.47 Å². The maximum atomic E-state index is 12.9. The van der Waals surface area contributed by atoms with Crippen LogP contribution in [0.4, 0.5) is 9.59 Å². The van der Waals surface area contributed by atoms with E-state index in [1.807, 2.05) is 0 Å². The first kappa shape index (κ1) is 23.0. The number of likely N-dealkylation sites (tertiary alicyclic amines) is 1. The van der Waals surface area contributed by atoms with Crippen molar-refractivity contribution in [2.75, 3.05) is 19.6 Å². The second kappa shape index (κ2) is 9.80. The van der Waals surface area contributed by atoms with Gasteiger partial charge in [0.2, 0.25) is 5.91 Å². The third-order valence-electron chi connectivity index (χ3n) is 3.76. The third-order valence-corrected chi connectivity index (χ3v) is 3.76. The van der Waals surface area contributed by atoms with Crippen molar-refractivity contribution < 1.29 is 23.9 Å². The van der Waals surface area contributed by atoms with Gasteiger partial charge >= 0.3 is 12.2 Å². The topological polar surface area (TPSA) is 97.0 Å². The van der Waals surface area contributed by atoms with Gasteiger partial charge in [0.05, 0.1) is 6.54 Å². The van der Waals surface area contributed by atoms with Crippen molar-refractivity contribution in [2.45, 2.75) is 84.5 Å². The van der Waals surface area contributed by atoms with Crippen LogP contribution in [0.25, 0.3) is 0 Å². The molecule has 156 valence electrons. The van der Waals surface area contributed by atoms with Gasteiger partial charge in [-0.05, 0) is 54.4 Å². The van der Waals surface area contributed by atoms with Crippen molar-refractivity contribution in [1.29, 1.82) is 0 Å². The zero-order chi connectivity index (χ0) is 20.7. The summed E-state index contributed by atoms with van der Waals surface area (Å²) in [6.45, 7) is 11.7. The Morgan fingerprint density at radius 3 is 1.81 bits per heavy atom. The van der Waals surface area contributed by atoms with Crippen LogP contribution in [0.5, 0.6) is 0 Å². The smallest absolute Gasteiger partial charge is 0.408 e. The lowest BCUT2D eigenvalue weighted by Gasteiger charge is -2.28. The summed E-state index contributed by atoms with van der Waals surface area (Å²) in [6, 6.07) is -0.912. The monoisotopic (exact) mass is 385 g/mol. The number of alkyl carbamates (subject to hydrolysis) is 2. The Labute approximate surface area is 162 Å². The average molecular weight is 386 g/mol. The normalized spacial score (nSPS) is 16.7. The van der Waals surface area contributed by atoms with Crippen LogP contribution in [-0.4, -0.2) is 59.9 Å². The first-order chi connectivity index (χ1) is 12.4. The van der Waals surface area contributed by atoms with Crippen LogP contribution in [0.1, 0.15) is 67.2 Å². The van der Waals surface area contributed by atoms with E-state index in [-0.39, 0.29) is 12.5 Å². The van der Waals surface area contributed by atoms with Gasteiger partial charge in [0, 0.05) is 13.1 Å². The standard InChI is InChI=1S/C19H35N3O5/c1-18(2,3)26-16(24)20-13-14(21-17(25)27-19(4,5)6)15(23)22-11-9-7-8-10-12-22/h14H,7-13H2,1-6H3,(H,20,24)(H,21,25)/t14-/m1/s1. The number of ether oxygens (including phenoxy) is 2. The van der Waals surface area contributed by atoms with E-state index in [0.29, 0.717) is 13.1 Å². The first-order valence-corrected chi connectivity index (χ1v) is 9.62. The van der Waals surface area contributed by atoms with E-state index < -0.39 is 29.4 Å². The van der Waals surface area contributed by atoms with Gasteiger partial charge in [-0.15, -0.1) is 0 Å². The fourth-order valence-electron chi connectivity index (χ4n) is 2.66. The number of hydrogen-bond donors (Lipinski definition) is 2. The number of nitrogens with one attached hydrogen (secondary N) is 2. The fourth-order valence-corrected chi connectivity index (χ4v) is 2.66. The second-order valence-corrected chi connectivity index (χ2v) is 8.82. The van der Waals surface area contributed by atoms with E-state index in [1.54, 1.807) is 46.4 Å². The van der Waals surface area contributed by atoms with Crippen molar-refractivity contribution in [3.8, 4) is 0 Å². The van der Waals surface area contributed by atoms with Gasteiger partial charge < -0.3 is 25.0 Å². The highest BCUT2D eigenvalue weighted by Gasteiger charge is 2.29. The van der Waals surface area contributed by atoms with Crippen LogP contribution in [0, 0.1) is 0 Å². The number of hydrogen-bond acceptors (Lipinski definition) is 5. The maximum absolute atomic E-state index is 12.9. The quantitative estimate of drug-likeness (QED) is 0.776. The molecule has 0 aromatic carbocycles. The van der Waals surface area contributed by atoms with Gasteiger partial charge in [0.15, 0.2) is 0 Å². The molecule has 8 nitrogen and oxygen atoms in total. The largest absolute Gasteiger partial charge is 0.444 e. The molecular formula is C19H35N3O5. The van der Waals surface area contributed by atoms with Crippen LogP contribution in [-0.2, 0) is 14.3 Å². The molecule has 1 heterocycles. The first-order valence-electron chi connectivity index (χ1n) is 9.62. The highest BCUT2D eigenvalue weighted by molar-refractivity contribution is 5.86. The number of carbonyl (C=O) groups is 3. The maximum Gasteiger partial charge on any atom is 0.408 e. The Hall–Kier alpha value is -1.99. The van der Waals surface area contributed by atoms with Crippen LogP contribution in [0.15, 0.2) is 0 Å². The molecule has 3 amide bonds. The minimum atomic E-state index is -0.912. The molecule has 27 heavy (non-hydrogen) atoms. The summed E-state index contributed by atoms with van der Waals surface area (Å²) in [4.78, 5) is 38.7. The highest BCUT2D eigenvalue weighted by atomic mass is 16.6. The molecule has 2 N–H and O–H groups in total. The molecular weight excluding hydrogens is 350 g/mol. The van der Waals surface area contributed by atoms with Gasteiger partial charge in [0.1, 0.15) is 17.2 Å². The zero-order valence-electron chi connectivity index (χ0n) is 17.5. The predicted molar refractivity (Wildman–Crippen MR) is 102 cm³/mol. The van der Waals surface area contributed by atoms with Crippen LogP contribution in [0.3, 0.4) is 0 Å². The van der Waals surface area contributed by atoms with E-state index in [9.17, 15) is 14.4 Å². The predicted octanol–water partition coefficient (Wildman–Crippen LogP) is 2.81. The summed E-state index contributed by atoms with van der Waals surface area (Å²) in [7, 11) is 0. The molecule has 1 atom stereocenters. The molecule has 1 fully saturated rings. The summed E-state index contributed by atoms with van der Waals surface area (Å²) in [6.07, 6.45) is 2.71. The summed E-state index contributed by atoms with van der Waals surface area (Å²) in [5.41, 5.74) is -1.33. The van der Waals surface area contributed by atoms with E-state index in [0.717, 1.165) is 25.7 Å². The van der Waals surface area contributed by atoms with Crippen molar-refractivity contribution in [3.05, 3.63) is 0 Å². The molecule has 1 saturated heterocycles. The Morgan fingerprint density at radius 1 is 0.852 bits per heavy atom. The van der Waals surface area contributed by atoms with Gasteiger partial charge in [-0.3, -0.25) is 4.79 Å². The van der Waals surface area contributed by atoms with Crippen LogP contribution >= 0.6 is 0 Å². The number of nitrogens with zero attached hydrogens (tertiary/aromatic N) is 1. The van der Waals surface area contributed by atoms with E-state index >= 15 is 0 Å². The zero-order valence-corrected chi connectivity index (χ0v) is 17.5. The molecule has 1 aliphatic rings. The van der Waals surface area contributed by atoms with Crippen molar-refractivity contribution in [3.63, 3.8) is 0 Å². The van der Waals surface area contributed by atoms with Gasteiger partial charge in [0.25, 0.3) is 0 Å². The minimum Gasteiger partial charge on any atom is -0.444 e. The average Bonchev–Trinajstić information content (AvgIpc) is 2.76. The number of rotatable bonds is 4. The SMILES string of the molecule is CC(C)(C)OC(=O)NC[C@@H](NC(=O)OC(C)(C)C)C(=O)N1CCCCCC1. The molecule has 8 heteroatoms. The lowest BCUT2D eigenvalue weighted by Crippen LogP contribution is -2.55. The summed E-state index contributed by atoms with van der Waals surface area (Å²) >= 11 is 0. The summed E-state index contributed by atoms with van der Waals surface area (Å²) in [5, 5.41) is 5.15. The lowest BCUT2D eigenvalue weighted by molar-refractivity contribution is -0.133. The van der Waals surface area contributed by atoms with Crippen LogP contribution < -0.4 is 10.6 Å².